The highest BCUT2D eigenvalue weighted by Gasteiger charge is 2.05. The molecule has 0 fully saturated rings. The van der Waals surface area contributed by atoms with Crippen LogP contribution in [0, 0.1) is 13.8 Å². The predicted molar refractivity (Wildman–Crippen MR) is 59.9 cm³/mol. The molecular weight excluding hydrogens is 210 g/mol. The highest BCUT2D eigenvalue weighted by molar-refractivity contribution is 7.11. The van der Waals surface area contributed by atoms with Crippen LogP contribution < -0.4 is 5.32 Å². The van der Waals surface area contributed by atoms with E-state index in [2.05, 4.69) is 20.4 Å². The molecule has 0 bridgehead atoms. The second-order valence-electron chi connectivity index (χ2n) is 3.30. The van der Waals surface area contributed by atoms with E-state index in [-0.39, 0.29) is 0 Å². The first kappa shape index (κ1) is 10.1. The summed E-state index contributed by atoms with van der Waals surface area (Å²) in [7, 11) is 1.86. The van der Waals surface area contributed by atoms with E-state index in [0.29, 0.717) is 0 Å². The van der Waals surface area contributed by atoms with E-state index in [1.807, 2.05) is 20.9 Å². The fraction of sp³-hybridized carbons (Fsp3) is 0.444. The van der Waals surface area contributed by atoms with E-state index in [1.165, 1.54) is 11.2 Å². The first-order chi connectivity index (χ1) is 7.16. The Morgan fingerprint density at radius 2 is 2.27 bits per heavy atom. The number of rotatable bonds is 3. The van der Waals surface area contributed by atoms with Crippen molar-refractivity contribution in [3.05, 3.63) is 21.9 Å². The van der Waals surface area contributed by atoms with E-state index >= 15 is 0 Å². The van der Waals surface area contributed by atoms with Crippen LogP contribution in [0.5, 0.6) is 0 Å². The van der Waals surface area contributed by atoms with Crippen LogP contribution >= 0.6 is 11.3 Å². The summed E-state index contributed by atoms with van der Waals surface area (Å²) in [5, 5.41) is 8.31. The zero-order valence-electron chi connectivity index (χ0n) is 8.98. The summed E-state index contributed by atoms with van der Waals surface area (Å²) in [5.41, 5.74) is 1.09. The molecule has 80 valence electrons. The van der Waals surface area contributed by atoms with Gasteiger partial charge in [0.2, 0.25) is 5.95 Å². The van der Waals surface area contributed by atoms with Gasteiger partial charge in [-0.25, -0.2) is 9.67 Å². The molecule has 1 N–H and O–H groups in total. The maximum Gasteiger partial charge on any atom is 0.221 e. The molecule has 15 heavy (non-hydrogen) atoms. The van der Waals surface area contributed by atoms with E-state index in [1.54, 1.807) is 16.0 Å². The van der Waals surface area contributed by atoms with Crippen LogP contribution in [-0.4, -0.2) is 19.7 Å². The van der Waals surface area contributed by atoms with E-state index < -0.39 is 0 Å². The first-order valence-corrected chi connectivity index (χ1v) is 5.49. The van der Waals surface area contributed by atoms with Gasteiger partial charge in [-0.15, -0.1) is 11.3 Å². The molecule has 0 aliphatic carbocycles. The van der Waals surface area contributed by atoms with Crippen LogP contribution in [0.2, 0.25) is 0 Å². The summed E-state index contributed by atoms with van der Waals surface area (Å²) in [6, 6.07) is 0. The number of aryl methyl sites for hydroxylation is 3. The molecule has 5 nitrogen and oxygen atoms in total. The highest BCUT2D eigenvalue weighted by atomic mass is 32.1. The molecule has 0 amide bonds. The number of anilines is 1. The molecule has 2 aromatic heterocycles. The lowest BCUT2D eigenvalue weighted by Crippen LogP contribution is -2.05. The summed E-state index contributed by atoms with van der Waals surface area (Å²) in [4.78, 5) is 9.71. The van der Waals surface area contributed by atoms with Crippen molar-refractivity contribution in [1.82, 2.24) is 19.7 Å². The lowest BCUT2D eigenvalue weighted by Gasteiger charge is -2.02. The Hall–Kier alpha value is -1.43. The van der Waals surface area contributed by atoms with Crippen molar-refractivity contribution in [2.45, 2.75) is 20.4 Å². The van der Waals surface area contributed by atoms with Gasteiger partial charge in [0.15, 0.2) is 0 Å². The van der Waals surface area contributed by atoms with Crippen LogP contribution in [-0.2, 0) is 13.6 Å². The molecule has 2 heterocycles. The van der Waals surface area contributed by atoms with Gasteiger partial charge in [-0.05, 0) is 13.8 Å². The number of nitrogens with one attached hydrogen (secondary N) is 1. The predicted octanol–water partition coefficient (Wildman–Crippen LogP) is 1.50. The van der Waals surface area contributed by atoms with Crippen molar-refractivity contribution >= 4 is 17.3 Å². The summed E-state index contributed by atoms with van der Waals surface area (Å²) in [6.07, 6.45) is 1.53. The minimum Gasteiger partial charge on any atom is -0.349 e. The second kappa shape index (κ2) is 3.98. The van der Waals surface area contributed by atoms with Crippen LogP contribution in [0.3, 0.4) is 0 Å². The summed E-state index contributed by atoms with van der Waals surface area (Å²) < 4.78 is 1.71. The zero-order valence-corrected chi connectivity index (χ0v) is 9.80. The fourth-order valence-electron chi connectivity index (χ4n) is 1.35. The lowest BCUT2D eigenvalue weighted by atomic mass is 10.4. The maximum atomic E-state index is 4.37. The smallest absolute Gasteiger partial charge is 0.221 e. The molecule has 0 aromatic carbocycles. The second-order valence-corrected chi connectivity index (χ2v) is 4.59. The molecule has 6 heteroatoms. The van der Waals surface area contributed by atoms with Gasteiger partial charge in [0.1, 0.15) is 6.33 Å². The van der Waals surface area contributed by atoms with Crippen LogP contribution in [0.4, 0.5) is 5.95 Å². The van der Waals surface area contributed by atoms with Gasteiger partial charge < -0.3 is 5.32 Å². The molecule has 0 saturated heterocycles. The average molecular weight is 223 g/mol. The van der Waals surface area contributed by atoms with E-state index in [9.17, 15) is 0 Å². The minimum absolute atomic E-state index is 0.754. The van der Waals surface area contributed by atoms with Crippen LogP contribution in [0.1, 0.15) is 15.6 Å². The van der Waals surface area contributed by atoms with Gasteiger partial charge in [-0.1, -0.05) is 0 Å². The highest BCUT2D eigenvalue weighted by Crippen LogP contribution is 2.17. The molecule has 0 spiro atoms. The summed E-state index contributed by atoms with van der Waals surface area (Å²) in [6.45, 7) is 4.80. The zero-order chi connectivity index (χ0) is 10.8. The third-order valence-corrected chi connectivity index (χ3v) is 3.19. The molecule has 0 atom stereocenters. The number of hydrogen-bond acceptors (Lipinski definition) is 5. The van der Waals surface area contributed by atoms with Gasteiger partial charge in [-0.2, -0.15) is 10.1 Å². The quantitative estimate of drug-likeness (QED) is 0.856. The first-order valence-electron chi connectivity index (χ1n) is 4.67. The molecule has 0 radical (unpaired) electrons. The Morgan fingerprint density at radius 1 is 1.47 bits per heavy atom. The maximum absolute atomic E-state index is 4.37. The van der Waals surface area contributed by atoms with E-state index in [4.69, 9.17) is 0 Å². The largest absolute Gasteiger partial charge is 0.349 e. The Bertz CT molecular complexity index is 459. The monoisotopic (exact) mass is 223 g/mol. The number of thiazole rings is 1. The molecule has 0 unspecified atom stereocenters. The molecule has 0 aliphatic heterocycles. The van der Waals surface area contributed by atoms with Gasteiger partial charge in [-0.3, -0.25) is 0 Å². The average Bonchev–Trinajstić information content (AvgIpc) is 2.70. The van der Waals surface area contributed by atoms with Gasteiger partial charge in [0.05, 0.1) is 17.2 Å². The van der Waals surface area contributed by atoms with Crippen molar-refractivity contribution in [3.8, 4) is 0 Å². The standard InChI is InChI=1S/C9H13N5S/c1-6-8(15-7(2)13-6)4-10-9-11-5-12-14(9)3/h5H,4H2,1-3H3,(H,10,11,12). The minimum atomic E-state index is 0.754. The van der Waals surface area contributed by atoms with Crippen molar-refractivity contribution in [2.24, 2.45) is 7.05 Å². The molecule has 0 saturated carbocycles. The van der Waals surface area contributed by atoms with Crippen molar-refractivity contribution in [1.29, 1.82) is 0 Å². The lowest BCUT2D eigenvalue weighted by molar-refractivity contribution is 0.767. The Morgan fingerprint density at radius 3 is 2.80 bits per heavy atom. The Balaban J connectivity index is 2.05. The SMILES string of the molecule is Cc1nc(C)c(CNc2ncnn2C)s1. The summed E-state index contributed by atoms with van der Waals surface area (Å²) in [5.74, 6) is 0.778. The molecule has 0 aliphatic rings. The van der Waals surface area contributed by atoms with Crippen LogP contribution in [0.25, 0.3) is 0 Å². The third kappa shape index (κ3) is 2.15. The summed E-state index contributed by atoms with van der Waals surface area (Å²) >= 11 is 1.71. The normalized spacial score (nSPS) is 10.6. The van der Waals surface area contributed by atoms with E-state index in [0.717, 1.165) is 23.2 Å². The molecular formula is C9H13N5S. The Kier molecular flexibility index (Phi) is 2.68. The van der Waals surface area contributed by atoms with Gasteiger partial charge in [0, 0.05) is 11.9 Å². The number of hydrogen-bond donors (Lipinski definition) is 1. The van der Waals surface area contributed by atoms with Gasteiger partial charge >= 0.3 is 0 Å². The Labute approximate surface area is 92.2 Å². The number of nitrogens with zero attached hydrogens (tertiary/aromatic N) is 4. The van der Waals surface area contributed by atoms with Crippen molar-refractivity contribution < 1.29 is 0 Å². The van der Waals surface area contributed by atoms with Gasteiger partial charge in [0.25, 0.3) is 0 Å². The molecule has 2 aromatic rings. The third-order valence-electron chi connectivity index (χ3n) is 2.12. The van der Waals surface area contributed by atoms with Crippen LogP contribution in [0.15, 0.2) is 6.33 Å². The van der Waals surface area contributed by atoms with Crippen molar-refractivity contribution in [3.63, 3.8) is 0 Å². The van der Waals surface area contributed by atoms with Crippen molar-refractivity contribution in [2.75, 3.05) is 5.32 Å². The molecule has 2 rings (SSSR count). The topological polar surface area (TPSA) is 55.6 Å². The fourth-order valence-corrected chi connectivity index (χ4v) is 2.23. The number of aromatic nitrogens is 4.